The van der Waals surface area contributed by atoms with Crippen molar-refractivity contribution in [2.24, 2.45) is 11.7 Å². The largest absolute Gasteiger partial charge is 0.330 e. The average Bonchev–Trinajstić information content (AvgIpc) is 2.32. The lowest BCUT2D eigenvalue weighted by molar-refractivity contribution is 0.413. The smallest absolute Gasteiger partial charge is 0.000813 e. The van der Waals surface area contributed by atoms with Crippen LogP contribution in [-0.2, 0) is 0 Å². The fourth-order valence-corrected chi connectivity index (χ4v) is 2.12. The second-order valence-corrected chi connectivity index (χ2v) is 4.26. The zero-order chi connectivity index (χ0) is 11.1. The molecule has 1 nitrogen and oxygen atoms in total. The standard InChI is InChI=1S/C14H23N/c1-3-12(4-2)10-14(11-15)13-8-6-5-7-9-13/h5-9,12,14H,3-4,10-11,15H2,1-2H3. The van der Waals surface area contributed by atoms with Crippen molar-refractivity contribution < 1.29 is 0 Å². The van der Waals surface area contributed by atoms with Crippen molar-refractivity contribution in [3.05, 3.63) is 35.9 Å². The van der Waals surface area contributed by atoms with Crippen molar-refractivity contribution in [1.82, 2.24) is 0 Å². The third kappa shape index (κ3) is 3.67. The molecule has 0 aromatic heterocycles. The lowest BCUT2D eigenvalue weighted by atomic mass is 9.86. The summed E-state index contributed by atoms with van der Waals surface area (Å²) in [6, 6.07) is 10.7. The molecule has 1 heteroatoms. The van der Waals surface area contributed by atoms with E-state index in [9.17, 15) is 0 Å². The van der Waals surface area contributed by atoms with Gasteiger partial charge in [-0.25, -0.2) is 0 Å². The van der Waals surface area contributed by atoms with Gasteiger partial charge in [-0.1, -0.05) is 57.0 Å². The highest BCUT2D eigenvalue weighted by molar-refractivity contribution is 5.19. The van der Waals surface area contributed by atoms with Gasteiger partial charge in [0.15, 0.2) is 0 Å². The van der Waals surface area contributed by atoms with Gasteiger partial charge in [0.25, 0.3) is 0 Å². The van der Waals surface area contributed by atoms with E-state index >= 15 is 0 Å². The predicted octanol–water partition coefficient (Wildman–Crippen LogP) is 3.56. The second kappa shape index (κ2) is 6.62. The van der Waals surface area contributed by atoms with Gasteiger partial charge in [-0.3, -0.25) is 0 Å². The van der Waals surface area contributed by atoms with Crippen LogP contribution in [-0.4, -0.2) is 6.54 Å². The summed E-state index contributed by atoms with van der Waals surface area (Å²) in [6.07, 6.45) is 3.76. The van der Waals surface area contributed by atoms with Crippen molar-refractivity contribution in [2.45, 2.75) is 39.0 Å². The molecule has 0 spiro atoms. The van der Waals surface area contributed by atoms with E-state index in [1.807, 2.05) is 0 Å². The van der Waals surface area contributed by atoms with Gasteiger partial charge in [0.2, 0.25) is 0 Å². The fourth-order valence-electron chi connectivity index (χ4n) is 2.12. The monoisotopic (exact) mass is 205 g/mol. The average molecular weight is 205 g/mol. The zero-order valence-corrected chi connectivity index (χ0v) is 9.95. The first-order valence-corrected chi connectivity index (χ1v) is 6.06. The Morgan fingerprint density at radius 3 is 2.13 bits per heavy atom. The first-order valence-electron chi connectivity index (χ1n) is 6.06. The first-order chi connectivity index (χ1) is 7.31. The Labute approximate surface area is 93.7 Å². The van der Waals surface area contributed by atoms with Gasteiger partial charge in [0, 0.05) is 0 Å². The lowest BCUT2D eigenvalue weighted by Crippen LogP contribution is -2.16. The second-order valence-electron chi connectivity index (χ2n) is 4.26. The van der Waals surface area contributed by atoms with Crippen LogP contribution in [0.4, 0.5) is 0 Å². The zero-order valence-electron chi connectivity index (χ0n) is 9.95. The molecule has 1 aromatic rings. The van der Waals surface area contributed by atoms with Crippen LogP contribution in [0.25, 0.3) is 0 Å². The van der Waals surface area contributed by atoms with E-state index in [4.69, 9.17) is 5.73 Å². The Hall–Kier alpha value is -0.820. The maximum atomic E-state index is 5.86. The van der Waals surface area contributed by atoms with Crippen LogP contribution in [0, 0.1) is 5.92 Å². The molecule has 0 heterocycles. The molecular formula is C14H23N. The molecule has 1 unspecified atom stereocenters. The van der Waals surface area contributed by atoms with E-state index in [1.165, 1.54) is 24.8 Å². The molecule has 0 radical (unpaired) electrons. The molecule has 0 fully saturated rings. The minimum atomic E-state index is 0.538. The third-order valence-corrected chi connectivity index (χ3v) is 3.33. The summed E-state index contributed by atoms with van der Waals surface area (Å²) < 4.78 is 0. The summed E-state index contributed by atoms with van der Waals surface area (Å²) in [7, 11) is 0. The SMILES string of the molecule is CCC(CC)CC(CN)c1ccccc1. The molecule has 0 amide bonds. The van der Waals surface area contributed by atoms with Crippen LogP contribution in [0.2, 0.25) is 0 Å². The van der Waals surface area contributed by atoms with E-state index in [0.29, 0.717) is 5.92 Å². The molecule has 1 atom stereocenters. The highest BCUT2D eigenvalue weighted by atomic mass is 14.5. The van der Waals surface area contributed by atoms with Crippen molar-refractivity contribution in [1.29, 1.82) is 0 Å². The number of rotatable bonds is 6. The molecule has 84 valence electrons. The minimum absolute atomic E-state index is 0.538. The normalized spacial score (nSPS) is 13.1. The van der Waals surface area contributed by atoms with Crippen molar-refractivity contribution in [2.75, 3.05) is 6.54 Å². The predicted molar refractivity (Wildman–Crippen MR) is 66.9 cm³/mol. The third-order valence-electron chi connectivity index (χ3n) is 3.33. The Kier molecular flexibility index (Phi) is 5.41. The van der Waals surface area contributed by atoms with E-state index in [0.717, 1.165) is 12.5 Å². The minimum Gasteiger partial charge on any atom is -0.330 e. The van der Waals surface area contributed by atoms with Gasteiger partial charge >= 0.3 is 0 Å². The fraction of sp³-hybridized carbons (Fsp3) is 0.571. The molecule has 0 saturated carbocycles. The van der Waals surface area contributed by atoms with Crippen LogP contribution >= 0.6 is 0 Å². The van der Waals surface area contributed by atoms with Gasteiger partial charge in [0.1, 0.15) is 0 Å². The Morgan fingerprint density at radius 1 is 1.07 bits per heavy atom. The van der Waals surface area contributed by atoms with Crippen molar-refractivity contribution in [3.63, 3.8) is 0 Å². The molecule has 1 aromatic carbocycles. The van der Waals surface area contributed by atoms with E-state index < -0.39 is 0 Å². The Morgan fingerprint density at radius 2 is 1.67 bits per heavy atom. The highest BCUT2D eigenvalue weighted by Gasteiger charge is 2.14. The van der Waals surface area contributed by atoms with Crippen LogP contribution in [0.5, 0.6) is 0 Å². The van der Waals surface area contributed by atoms with Gasteiger partial charge in [-0.2, -0.15) is 0 Å². The van der Waals surface area contributed by atoms with Gasteiger partial charge in [0.05, 0.1) is 0 Å². The lowest BCUT2D eigenvalue weighted by Gasteiger charge is -2.20. The quantitative estimate of drug-likeness (QED) is 0.755. The van der Waals surface area contributed by atoms with E-state index in [1.54, 1.807) is 0 Å². The molecule has 15 heavy (non-hydrogen) atoms. The number of hydrogen-bond donors (Lipinski definition) is 1. The Bertz CT molecular complexity index is 251. The summed E-state index contributed by atoms with van der Waals surface area (Å²) in [6.45, 7) is 5.31. The van der Waals surface area contributed by atoms with Crippen molar-refractivity contribution in [3.8, 4) is 0 Å². The van der Waals surface area contributed by atoms with Crippen LogP contribution < -0.4 is 5.73 Å². The Balaban J connectivity index is 2.64. The molecule has 1 rings (SSSR count). The van der Waals surface area contributed by atoms with Gasteiger partial charge in [-0.15, -0.1) is 0 Å². The summed E-state index contributed by atoms with van der Waals surface area (Å²) in [5, 5.41) is 0. The van der Waals surface area contributed by atoms with Crippen LogP contribution in [0.3, 0.4) is 0 Å². The number of benzene rings is 1. The number of nitrogens with two attached hydrogens (primary N) is 1. The summed E-state index contributed by atoms with van der Waals surface area (Å²) >= 11 is 0. The summed E-state index contributed by atoms with van der Waals surface area (Å²) in [5.41, 5.74) is 7.26. The topological polar surface area (TPSA) is 26.0 Å². The molecular weight excluding hydrogens is 182 g/mol. The molecule has 2 N–H and O–H groups in total. The maximum Gasteiger partial charge on any atom is -0.000813 e. The highest BCUT2D eigenvalue weighted by Crippen LogP contribution is 2.26. The number of hydrogen-bond acceptors (Lipinski definition) is 1. The summed E-state index contributed by atoms with van der Waals surface area (Å²) in [5.74, 6) is 1.36. The van der Waals surface area contributed by atoms with Crippen LogP contribution in [0.1, 0.15) is 44.6 Å². The molecule has 0 bridgehead atoms. The summed E-state index contributed by atoms with van der Waals surface area (Å²) in [4.78, 5) is 0. The maximum absolute atomic E-state index is 5.86. The van der Waals surface area contributed by atoms with Gasteiger partial charge in [-0.05, 0) is 30.4 Å². The molecule has 0 aliphatic carbocycles. The molecule has 0 saturated heterocycles. The van der Waals surface area contributed by atoms with Crippen molar-refractivity contribution >= 4 is 0 Å². The van der Waals surface area contributed by atoms with E-state index in [-0.39, 0.29) is 0 Å². The molecule has 0 aliphatic heterocycles. The van der Waals surface area contributed by atoms with Gasteiger partial charge < -0.3 is 5.73 Å². The van der Waals surface area contributed by atoms with E-state index in [2.05, 4.69) is 44.2 Å². The molecule has 0 aliphatic rings. The van der Waals surface area contributed by atoms with Crippen LogP contribution in [0.15, 0.2) is 30.3 Å². The first kappa shape index (κ1) is 12.3.